The van der Waals surface area contributed by atoms with Gasteiger partial charge in [-0.3, -0.25) is 4.57 Å². The summed E-state index contributed by atoms with van der Waals surface area (Å²) in [5.41, 5.74) is -1.68. The van der Waals surface area contributed by atoms with E-state index in [2.05, 4.69) is 10.3 Å². The zero-order valence-electron chi connectivity index (χ0n) is 7.47. The molecule has 6 nitrogen and oxygen atoms in total. The van der Waals surface area contributed by atoms with Crippen LogP contribution in [0.25, 0.3) is 0 Å². The van der Waals surface area contributed by atoms with Crippen molar-refractivity contribution in [3.63, 3.8) is 0 Å². The number of hydrogen-bond acceptors (Lipinski definition) is 5. The molecule has 0 aromatic carbocycles. The van der Waals surface area contributed by atoms with Gasteiger partial charge in [0.1, 0.15) is 5.82 Å². The zero-order chi connectivity index (χ0) is 10.2. The Labute approximate surface area is 79.8 Å². The van der Waals surface area contributed by atoms with E-state index in [1.165, 1.54) is 10.8 Å². The second kappa shape index (κ2) is 3.07. The number of aromatic nitrogens is 2. The van der Waals surface area contributed by atoms with Crippen molar-refractivity contribution in [2.24, 2.45) is 0 Å². The number of hydrogen-bond donors (Lipinski definition) is 3. The Balaban J connectivity index is 2.41. The summed E-state index contributed by atoms with van der Waals surface area (Å²) in [7, 11) is 0. The predicted molar refractivity (Wildman–Crippen MR) is 48.8 cm³/mol. The van der Waals surface area contributed by atoms with E-state index < -0.39 is 5.72 Å². The van der Waals surface area contributed by atoms with Gasteiger partial charge >= 0.3 is 5.69 Å². The zero-order valence-corrected chi connectivity index (χ0v) is 7.47. The second-order valence-corrected chi connectivity index (χ2v) is 3.33. The molecule has 0 bridgehead atoms. The van der Waals surface area contributed by atoms with Crippen LogP contribution < -0.4 is 11.0 Å². The maximum absolute atomic E-state index is 11.2. The van der Waals surface area contributed by atoms with Crippen LogP contribution in [0.1, 0.15) is 6.42 Å². The van der Waals surface area contributed by atoms with Crippen LogP contribution in [0, 0.1) is 0 Å². The molecule has 0 fully saturated rings. The van der Waals surface area contributed by atoms with Crippen LogP contribution in [-0.4, -0.2) is 32.1 Å². The molecule has 1 aromatic rings. The number of aliphatic hydroxyl groups excluding tert-OH is 1. The van der Waals surface area contributed by atoms with Crippen molar-refractivity contribution in [2.45, 2.75) is 18.7 Å². The van der Waals surface area contributed by atoms with Crippen molar-refractivity contribution in [1.82, 2.24) is 9.55 Å². The van der Waals surface area contributed by atoms with Crippen LogP contribution >= 0.6 is 0 Å². The number of rotatable bonds is 1. The Hall–Kier alpha value is -1.40. The third-order valence-electron chi connectivity index (χ3n) is 2.31. The van der Waals surface area contributed by atoms with E-state index in [0.717, 1.165) is 0 Å². The summed E-state index contributed by atoms with van der Waals surface area (Å²) in [6.45, 7) is -0.0322. The SMILES string of the molecule is O=c1nccc2n1CCC(O)(CO)N2. The summed E-state index contributed by atoms with van der Waals surface area (Å²) in [6.07, 6.45) is 1.65. The maximum Gasteiger partial charge on any atom is 0.349 e. The molecule has 76 valence electrons. The topological polar surface area (TPSA) is 87.4 Å². The summed E-state index contributed by atoms with van der Waals surface area (Å²) < 4.78 is 1.42. The number of nitrogens with one attached hydrogen (secondary N) is 1. The van der Waals surface area contributed by atoms with Crippen LogP contribution in [0.4, 0.5) is 5.82 Å². The largest absolute Gasteiger partial charge is 0.391 e. The lowest BCUT2D eigenvalue weighted by atomic mass is 10.1. The Bertz CT molecular complexity index is 403. The van der Waals surface area contributed by atoms with Gasteiger partial charge < -0.3 is 15.5 Å². The lowest BCUT2D eigenvalue weighted by Gasteiger charge is -2.33. The van der Waals surface area contributed by atoms with E-state index in [0.29, 0.717) is 12.4 Å². The van der Waals surface area contributed by atoms with Crippen molar-refractivity contribution >= 4 is 5.82 Å². The maximum atomic E-state index is 11.2. The summed E-state index contributed by atoms with van der Waals surface area (Å²) >= 11 is 0. The quantitative estimate of drug-likeness (QED) is 0.523. The highest BCUT2D eigenvalue weighted by molar-refractivity contribution is 5.38. The molecule has 0 saturated heterocycles. The fourth-order valence-corrected chi connectivity index (χ4v) is 1.48. The normalized spacial score (nSPS) is 25.3. The lowest BCUT2D eigenvalue weighted by Crippen LogP contribution is -2.48. The molecule has 0 aliphatic carbocycles. The molecular weight excluding hydrogens is 186 g/mol. The van der Waals surface area contributed by atoms with Crippen molar-refractivity contribution in [3.8, 4) is 0 Å². The Kier molecular flexibility index (Phi) is 2.01. The highest BCUT2D eigenvalue weighted by Crippen LogP contribution is 2.20. The fraction of sp³-hybridized carbons (Fsp3) is 0.500. The molecule has 1 aliphatic rings. The van der Waals surface area contributed by atoms with Gasteiger partial charge in [0.15, 0.2) is 5.72 Å². The third kappa shape index (κ3) is 1.38. The van der Waals surface area contributed by atoms with Crippen molar-refractivity contribution < 1.29 is 10.2 Å². The first kappa shape index (κ1) is 9.17. The molecule has 0 spiro atoms. The predicted octanol–water partition coefficient (Wildman–Crippen LogP) is -1.26. The summed E-state index contributed by atoms with van der Waals surface area (Å²) in [5.74, 6) is 0.479. The summed E-state index contributed by atoms with van der Waals surface area (Å²) in [5, 5.41) is 21.3. The van der Waals surface area contributed by atoms with Gasteiger partial charge in [-0.05, 0) is 6.07 Å². The first-order valence-corrected chi connectivity index (χ1v) is 4.32. The van der Waals surface area contributed by atoms with E-state index in [-0.39, 0.29) is 18.7 Å². The lowest BCUT2D eigenvalue weighted by molar-refractivity contribution is -0.00654. The Morgan fingerprint density at radius 2 is 2.50 bits per heavy atom. The van der Waals surface area contributed by atoms with Gasteiger partial charge in [-0.2, -0.15) is 0 Å². The average molecular weight is 197 g/mol. The van der Waals surface area contributed by atoms with Crippen LogP contribution in [0.2, 0.25) is 0 Å². The molecule has 1 aromatic heterocycles. The number of fused-ring (bicyclic) bond motifs is 1. The highest BCUT2D eigenvalue weighted by Gasteiger charge is 2.30. The summed E-state index contributed by atoms with van der Waals surface area (Å²) in [4.78, 5) is 14.8. The van der Waals surface area contributed by atoms with E-state index >= 15 is 0 Å². The van der Waals surface area contributed by atoms with Crippen LogP contribution in [-0.2, 0) is 6.54 Å². The average Bonchev–Trinajstić information content (AvgIpc) is 2.18. The van der Waals surface area contributed by atoms with Crippen molar-refractivity contribution in [3.05, 3.63) is 22.7 Å². The fourth-order valence-electron chi connectivity index (χ4n) is 1.48. The van der Waals surface area contributed by atoms with E-state index in [9.17, 15) is 9.90 Å². The number of anilines is 1. The van der Waals surface area contributed by atoms with Gasteiger partial charge in [-0.1, -0.05) is 0 Å². The molecule has 3 N–H and O–H groups in total. The van der Waals surface area contributed by atoms with Gasteiger partial charge in [0.05, 0.1) is 6.61 Å². The molecule has 1 unspecified atom stereocenters. The minimum absolute atomic E-state index is 0.280. The third-order valence-corrected chi connectivity index (χ3v) is 2.31. The standard InChI is InChI=1S/C8H11N3O3/c12-5-8(14)2-4-11-6(10-8)1-3-9-7(11)13/h1,3,10,12,14H,2,4-5H2. The van der Waals surface area contributed by atoms with Crippen LogP contribution in [0.5, 0.6) is 0 Å². The van der Waals surface area contributed by atoms with E-state index in [1.807, 2.05) is 0 Å². The van der Waals surface area contributed by atoms with Crippen molar-refractivity contribution in [2.75, 3.05) is 11.9 Å². The van der Waals surface area contributed by atoms with Gasteiger partial charge in [0.25, 0.3) is 0 Å². The van der Waals surface area contributed by atoms with Gasteiger partial charge in [0, 0.05) is 19.2 Å². The Morgan fingerprint density at radius 1 is 1.71 bits per heavy atom. The van der Waals surface area contributed by atoms with E-state index in [4.69, 9.17) is 5.11 Å². The molecule has 14 heavy (non-hydrogen) atoms. The molecule has 0 amide bonds. The van der Waals surface area contributed by atoms with E-state index in [1.54, 1.807) is 6.07 Å². The molecule has 2 heterocycles. The molecule has 6 heteroatoms. The molecule has 1 atom stereocenters. The molecule has 0 saturated carbocycles. The van der Waals surface area contributed by atoms with Crippen molar-refractivity contribution in [1.29, 1.82) is 0 Å². The molecule has 1 aliphatic heterocycles. The smallest absolute Gasteiger partial charge is 0.349 e. The summed E-state index contributed by atoms with van der Waals surface area (Å²) in [6, 6.07) is 1.58. The molecule has 2 rings (SSSR count). The monoisotopic (exact) mass is 197 g/mol. The highest BCUT2D eigenvalue weighted by atomic mass is 16.3. The Morgan fingerprint density at radius 3 is 3.21 bits per heavy atom. The first-order valence-electron chi connectivity index (χ1n) is 4.32. The van der Waals surface area contributed by atoms with Gasteiger partial charge in [-0.15, -0.1) is 0 Å². The minimum Gasteiger partial charge on any atom is -0.391 e. The van der Waals surface area contributed by atoms with Gasteiger partial charge in [0.2, 0.25) is 0 Å². The molecular formula is C8H11N3O3. The van der Waals surface area contributed by atoms with Gasteiger partial charge in [-0.25, -0.2) is 9.78 Å². The van der Waals surface area contributed by atoms with Crippen LogP contribution in [0.3, 0.4) is 0 Å². The first-order chi connectivity index (χ1) is 6.64. The second-order valence-electron chi connectivity index (χ2n) is 3.33. The van der Waals surface area contributed by atoms with Crippen LogP contribution in [0.15, 0.2) is 17.1 Å². The minimum atomic E-state index is -1.33. The molecule has 0 radical (unpaired) electrons. The number of aliphatic hydroxyl groups is 2. The number of nitrogens with zero attached hydrogens (tertiary/aromatic N) is 2.